The van der Waals surface area contributed by atoms with Gasteiger partial charge in [-0.15, -0.1) is 0 Å². The Hall–Kier alpha value is -0.610. The molecule has 0 aromatic heterocycles. The van der Waals surface area contributed by atoms with Crippen LogP contribution in [0.15, 0.2) is 0 Å². The van der Waals surface area contributed by atoms with Gasteiger partial charge in [0.05, 0.1) is 39.7 Å². The zero-order chi connectivity index (χ0) is 16.1. The zero-order valence-corrected chi connectivity index (χ0v) is 15.1. The molecule has 4 heteroatoms. The number of hydrogen-bond donors (Lipinski definition) is 0. The summed E-state index contributed by atoms with van der Waals surface area (Å²) in [6.07, 6.45) is 2.88. The molecule has 0 unspecified atom stereocenters. The summed E-state index contributed by atoms with van der Waals surface area (Å²) in [6, 6.07) is 0. The van der Waals surface area contributed by atoms with Gasteiger partial charge in [-0.3, -0.25) is 4.79 Å². The number of nitrogens with zero attached hydrogens (tertiary/aromatic N) is 2. The molecule has 21 heavy (non-hydrogen) atoms. The standard InChI is InChI=1S/C17H36N2O2/c1-7-9-17(2,3)16(20)21-15-8-10-19(6)13-11-18(4,5)12-14-19/h7-15H2,1-6H3/q+2. The third kappa shape index (κ3) is 5.95. The van der Waals surface area contributed by atoms with Gasteiger partial charge in [-0.25, -0.2) is 0 Å². The summed E-state index contributed by atoms with van der Waals surface area (Å²) in [7, 11) is 6.95. The smallest absolute Gasteiger partial charge is 0.311 e. The Balaban J connectivity index is 2.27. The van der Waals surface area contributed by atoms with Gasteiger partial charge in [0, 0.05) is 6.42 Å². The molecule has 4 nitrogen and oxygen atoms in total. The Morgan fingerprint density at radius 2 is 1.67 bits per heavy atom. The number of rotatable bonds is 7. The average molecular weight is 300 g/mol. The zero-order valence-electron chi connectivity index (χ0n) is 15.1. The highest BCUT2D eigenvalue weighted by molar-refractivity contribution is 5.75. The van der Waals surface area contributed by atoms with Gasteiger partial charge in [0.1, 0.15) is 26.2 Å². The first-order valence-electron chi connectivity index (χ1n) is 8.43. The predicted octanol–water partition coefficient (Wildman–Crippen LogP) is 2.28. The van der Waals surface area contributed by atoms with E-state index in [-0.39, 0.29) is 11.4 Å². The minimum Gasteiger partial charge on any atom is -0.465 e. The maximum Gasteiger partial charge on any atom is 0.311 e. The van der Waals surface area contributed by atoms with Gasteiger partial charge in [-0.2, -0.15) is 0 Å². The Morgan fingerprint density at radius 3 is 2.19 bits per heavy atom. The average Bonchev–Trinajstić information content (AvgIpc) is 2.39. The van der Waals surface area contributed by atoms with Crippen molar-refractivity contribution in [1.82, 2.24) is 0 Å². The van der Waals surface area contributed by atoms with Crippen LogP contribution in [-0.4, -0.2) is 75.4 Å². The van der Waals surface area contributed by atoms with Crippen LogP contribution in [0.2, 0.25) is 0 Å². The number of ether oxygens (including phenoxy) is 1. The van der Waals surface area contributed by atoms with E-state index in [1.54, 1.807) is 0 Å². The first-order chi connectivity index (χ1) is 9.60. The molecule has 0 N–H and O–H groups in total. The molecule has 0 atom stereocenters. The number of esters is 1. The number of hydrogen-bond acceptors (Lipinski definition) is 2. The highest BCUT2D eigenvalue weighted by atomic mass is 16.5. The van der Waals surface area contributed by atoms with Gasteiger partial charge < -0.3 is 13.7 Å². The summed E-state index contributed by atoms with van der Waals surface area (Å²) in [5.41, 5.74) is -0.333. The second-order valence-corrected chi connectivity index (χ2v) is 8.30. The monoisotopic (exact) mass is 300 g/mol. The van der Waals surface area contributed by atoms with Crippen LogP contribution in [0.4, 0.5) is 0 Å². The van der Waals surface area contributed by atoms with Gasteiger partial charge >= 0.3 is 5.97 Å². The molecule has 1 fully saturated rings. The summed E-state index contributed by atoms with van der Waals surface area (Å²) in [5, 5.41) is 0. The number of likely N-dealkylation sites (N-methyl/N-ethyl adjacent to an activating group) is 2. The summed E-state index contributed by atoms with van der Waals surface area (Å²) >= 11 is 0. The molecule has 1 aliphatic heterocycles. The van der Waals surface area contributed by atoms with E-state index in [9.17, 15) is 4.79 Å². The van der Waals surface area contributed by atoms with Crippen LogP contribution < -0.4 is 0 Å². The second kappa shape index (κ2) is 7.10. The van der Waals surface area contributed by atoms with Gasteiger partial charge in [0.2, 0.25) is 0 Å². The maximum absolute atomic E-state index is 12.0. The fraction of sp³-hybridized carbons (Fsp3) is 0.941. The van der Waals surface area contributed by atoms with Gasteiger partial charge in [0.15, 0.2) is 0 Å². The van der Waals surface area contributed by atoms with Gasteiger partial charge in [-0.1, -0.05) is 13.3 Å². The van der Waals surface area contributed by atoms with Gasteiger partial charge in [0.25, 0.3) is 0 Å². The van der Waals surface area contributed by atoms with E-state index in [1.807, 2.05) is 13.8 Å². The summed E-state index contributed by atoms with van der Waals surface area (Å²) in [5.74, 6) is -0.0385. The van der Waals surface area contributed by atoms with E-state index in [0.717, 1.165) is 34.8 Å². The van der Waals surface area contributed by atoms with Crippen molar-refractivity contribution in [1.29, 1.82) is 0 Å². The highest BCUT2D eigenvalue weighted by Crippen LogP contribution is 2.24. The Bertz CT molecular complexity index is 341. The van der Waals surface area contributed by atoms with Crippen molar-refractivity contribution >= 4 is 5.97 Å². The normalized spacial score (nSPS) is 21.0. The molecule has 0 saturated carbocycles. The molecule has 1 heterocycles. The van der Waals surface area contributed by atoms with Crippen LogP contribution in [0, 0.1) is 5.41 Å². The number of piperazine rings is 1. The topological polar surface area (TPSA) is 26.3 Å². The largest absolute Gasteiger partial charge is 0.465 e. The fourth-order valence-corrected chi connectivity index (χ4v) is 3.01. The molecule has 0 radical (unpaired) electrons. The van der Waals surface area contributed by atoms with Crippen LogP contribution in [-0.2, 0) is 9.53 Å². The van der Waals surface area contributed by atoms with Crippen molar-refractivity contribution in [2.45, 2.75) is 40.0 Å². The summed E-state index contributed by atoms with van der Waals surface area (Å²) in [4.78, 5) is 12.0. The molecule has 0 amide bonds. The SMILES string of the molecule is CCCC(C)(C)C(=O)OCCC[N+]1(C)CC[N+](C)(C)CC1. The Labute approximate surface area is 131 Å². The fourth-order valence-electron chi connectivity index (χ4n) is 3.01. The molecule has 0 aromatic rings. The van der Waals surface area contributed by atoms with Crippen molar-refractivity contribution in [3.05, 3.63) is 0 Å². The first kappa shape index (κ1) is 18.4. The first-order valence-corrected chi connectivity index (χ1v) is 8.43. The van der Waals surface area contributed by atoms with E-state index in [1.165, 1.54) is 26.2 Å². The van der Waals surface area contributed by atoms with Crippen LogP contribution in [0.25, 0.3) is 0 Å². The third-order valence-corrected chi connectivity index (χ3v) is 4.99. The maximum atomic E-state index is 12.0. The van der Waals surface area contributed by atoms with Crippen molar-refractivity contribution in [2.24, 2.45) is 5.41 Å². The molecule has 0 aliphatic carbocycles. The lowest BCUT2D eigenvalue weighted by Gasteiger charge is -2.44. The molecular weight excluding hydrogens is 264 g/mol. The minimum absolute atomic E-state index is 0.0385. The van der Waals surface area contributed by atoms with Crippen LogP contribution in [0.5, 0.6) is 0 Å². The van der Waals surface area contributed by atoms with Crippen LogP contribution in [0.3, 0.4) is 0 Å². The third-order valence-electron chi connectivity index (χ3n) is 4.99. The van der Waals surface area contributed by atoms with Crippen molar-refractivity contribution in [2.75, 3.05) is 60.5 Å². The molecule has 0 spiro atoms. The van der Waals surface area contributed by atoms with Crippen LogP contribution in [0.1, 0.15) is 40.0 Å². The second-order valence-electron chi connectivity index (χ2n) is 8.30. The van der Waals surface area contributed by atoms with E-state index >= 15 is 0 Å². The Morgan fingerprint density at radius 1 is 1.10 bits per heavy atom. The highest BCUT2D eigenvalue weighted by Gasteiger charge is 2.34. The van der Waals surface area contributed by atoms with Crippen molar-refractivity contribution in [3.8, 4) is 0 Å². The van der Waals surface area contributed by atoms with E-state index in [0.29, 0.717) is 6.61 Å². The molecule has 1 aliphatic rings. The number of carbonyl (C=O) groups excluding carboxylic acids is 1. The molecule has 0 aromatic carbocycles. The summed E-state index contributed by atoms with van der Waals surface area (Å²) < 4.78 is 7.74. The number of carbonyl (C=O) groups is 1. The van der Waals surface area contributed by atoms with Crippen molar-refractivity contribution < 1.29 is 18.5 Å². The quantitative estimate of drug-likeness (QED) is 0.410. The summed E-state index contributed by atoms with van der Waals surface area (Å²) in [6.45, 7) is 12.7. The molecule has 0 bridgehead atoms. The number of quaternary nitrogens is 2. The lowest BCUT2D eigenvalue weighted by atomic mass is 9.88. The van der Waals surface area contributed by atoms with Gasteiger partial charge in [-0.05, 0) is 20.3 Å². The van der Waals surface area contributed by atoms with E-state index < -0.39 is 0 Å². The minimum atomic E-state index is -0.333. The van der Waals surface area contributed by atoms with Crippen molar-refractivity contribution in [3.63, 3.8) is 0 Å². The van der Waals surface area contributed by atoms with Crippen LogP contribution >= 0.6 is 0 Å². The molecular formula is C17H36N2O2+2. The lowest BCUT2D eigenvalue weighted by Crippen LogP contribution is -2.62. The predicted molar refractivity (Wildman–Crippen MR) is 86.9 cm³/mol. The molecule has 124 valence electrons. The van der Waals surface area contributed by atoms with E-state index in [2.05, 4.69) is 28.1 Å². The molecule has 1 saturated heterocycles. The van der Waals surface area contributed by atoms with E-state index in [4.69, 9.17) is 4.74 Å². The Kier molecular flexibility index (Phi) is 6.23. The molecule has 1 rings (SSSR count). The lowest BCUT2D eigenvalue weighted by molar-refractivity contribution is -1.01.